The molecular weight excluding hydrogens is 136 g/mol. The first-order chi connectivity index (χ1) is 5.38. The monoisotopic (exact) mass is 144 g/mol. The average Bonchev–Trinajstić information content (AvgIpc) is 2.27. The van der Waals surface area contributed by atoms with Crippen LogP contribution >= 0.6 is 0 Å². The molecule has 0 N–H and O–H groups in total. The number of hydrogen-bond donors (Lipinski definition) is 0. The lowest BCUT2D eigenvalue weighted by atomic mass is 10.1. The van der Waals surface area contributed by atoms with E-state index < -0.39 is 0 Å². The van der Waals surface area contributed by atoms with Crippen LogP contribution in [0.3, 0.4) is 0 Å². The van der Waals surface area contributed by atoms with E-state index in [4.69, 9.17) is 10.5 Å². The summed E-state index contributed by atoms with van der Waals surface area (Å²) in [5, 5.41) is 17.2. The molecule has 0 fully saturated rings. The van der Waals surface area contributed by atoms with Crippen molar-refractivity contribution in [3.63, 3.8) is 0 Å². The molecule has 0 aliphatic heterocycles. The van der Waals surface area contributed by atoms with Gasteiger partial charge in [0.1, 0.15) is 12.1 Å². The van der Waals surface area contributed by atoms with Gasteiger partial charge in [0.2, 0.25) is 0 Å². The van der Waals surface area contributed by atoms with Crippen LogP contribution in [0.1, 0.15) is 19.3 Å². The summed E-state index contributed by atoms with van der Waals surface area (Å²) in [5.74, 6) is 0. The van der Waals surface area contributed by atoms with Gasteiger partial charge in [-0.05, 0) is 19.3 Å². The molecule has 54 valence electrons. The van der Waals surface area contributed by atoms with Crippen LogP contribution in [0.15, 0.2) is 23.3 Å². The zero-order chi connectivity index (χ0) is 8.10. The van der Waals surface area contributed by atoms with Crippen molar-refractivity contribution in [3.8, 4) is 12.1 Å². The largest absolute Gasteiger partial charge is 0.192 e. The molecule has 1 rings (SSSR count). The van der Waals surface area contributed by atoms with Gasteiger partial charge < -0.3 is 0 Å². The van der Waals surface area contributed by atoms with E-state index in [0.29, 0.717) is 11.1 Å². The van der Waals surface area contributed by atoms with Gasteiger partial charge in [-0.25, -0.2) is 0 Å². The third-order valence-corrected chi connectivity index (χ3v) is 1.64. The molecule has 0 aromatic rings. The molecule has 0 atom stereocenters. The summed E-state index contributed by atoms with van der Waals surface area (Å²) in [6, 6.07) is 4.03. The molecule has 0 saturated heterocycles. The van der Waals surface area contributed by atoms with Crippen LogP contribution in [-0.4, -0.2) is 0 Å². The standard InChI is InChI=1S/C9H8N2/c10-6-8-4-2-1-3-5-9(8)7-11/h4-5H,1-3H2. The van der Waals surface area contributed by atoms with Gasteiger partial charge in [0.15, 0.2) is 0 Å². The second kappa shape index (κ2) is 3.58. The minimum absolute atomic E-state index is 0.532. The van der Waals surface area contributed by atoms with Crippen LogP contribution in [0.5, 0.6) is 0 Å². The van der Waals surface area contributed by atoms with Crippen LogP contribution in [0.4, 0.5) is 0 Å². The fraction of sp³-hybridized carbons (Fsp3) is 0.333. The van der Waals surface area contributed by atoms with E-state index in [2.05, 4.69) is 0 Å². The summed E-state index contributed by atoms with van der Waals surface area (Å²) in [4.78, 5) is 0. The molecule has 0 radical (unpaired) electrons. The smallest absolute Gasteiger partial charge is 0.100 e. The van der Waals surface area contributed by atoms with E-state index >= 15 is 0 Å². The van der Waals surface area contributed by atoms with E-state index in [1.165, 1.54) is 0 Å². The van der Waals surface area contributed by atoms with Crippen LogP contribution in [-0.2, 0) is 0 Å². The Labute approximate surface area is 66.1 Å². The first-order valence-electron chi connectivity index (χ1n) is 3.59. The molecule has 1 aliphatic carbocycles. The molecule has 0 heterocycles. The molecule has 0 unspecified atom stereocenters. The topological polar surface area (TPSA) is 47.6 Å². The van der Waals surface area contributed by atoms with Crippen molar-refractivity contribution in [1.82, 2.24) is 0 Å². The van der Waals surface area contributed by atoms with Crippen LogP contribution < -0.4 is 0 Å². The van der Waals surface area contributed by atoms with Gasteiger partial charge in [0, 0.05) is 0 Å². The summed E-state index contributed by atoms with van der Waals surface area (Å²) >= 11 is 0. The normalized spacial score (nSPS) is 16.9. The Morgan fingerprint density at radius 3 is 1.82 bits per heavy atom. The SMILES string of the molecule is N#CC1=CCCCC=C1C#N. The van der Waals surface area contributed by atoms with Crippen molar-refractivity contribution >= 4 is 0 Å². The first-order valence-corrected chi connectivity index (χ1v) is 3.59. The highest BCUT2D eigenvalue weighted by atomic mass is 14.3. The minimum Gasteiger partial charge on any atom is -0.192 e. The van der Waals surface area contributed by atoms with Crippen molar-refractivity contribution in [2.24, 2.45) is 0 Å². The molecule has 0 saturated carbocycles. The van der Waals surface area contributed by atoms with Crippen LogP contribution in [0.25, 0.3) is 0 Å². The fourth-order valence-corrected chi connectivity index (χ4v) is 1.04. The Kier molecular flexibility index (Phi) is 2.47. The second-order valence-corrected chi connectivity index (χ2v) is 2.39. The molecule has 1 aliphatic rings. The third kappa shape index (κ3) is 1.69. The molecule has 0 aromatic heterocycles. The molecule has 0 amide bonds. The minimum atomic E-state index is 0.532. The molecular formula is C9H8N2. The van der Waals surface area contributed by atoms with Gasteiger partial charge in [0.05, 0.1) is 11.1 Å². The second-order valence-electron chi connectivity index (χ2n) is 2.39. The zero-order valence-corrected chi connectivity index (χ0v) is 6.17. The maximum atomic E-state index is 8.61. The molecule has 11 heavy (non-hydrogen) atoms. The summed E-state index contributed by atoms with van der Waals surface area (Å²) in [7, 11) is 0. The van der Waals surface area contributed by atoms with Crippen molar-refractivity contribution in [2.45, 2.75) is 19.3 Å². The lowest BCUT2D eigenvalue weighted by Gasteiger charge is -1.88. The lowest BCUT2D eigenvalue weighted by Crippen LogP contribution is -1.80. The number of allylic oxidation sites excluding steroid dienone is 4. The molecule has 0 spiro atoms. The number of hydrogen-bond acceptors (Lipinski definition) is 2. The Balaban J connectivity index is 2.96. The van der Waals surface area contributed by atoms with Gasteiger partial charge in [-0.1, -0.05) is 12.2 Å². The number of nitriles is 2. The lowest BCUT2D eigenvalue weighted by molar-refractivity contribution is 0.874. The van der Waals surface area contributed by atoms with E-state index in [1.807, 2.05) is 24.3 Å². The maximum Gasteiger partial charge on any atom is 0.100 e. The van der Waals surface area contributed by atoms with E-state index in [0.717, 1.165) is 19.3 Å². The molecule has 2 nitrogen and oxygen atoms in total. The highest BCUT2D eigenvalue weighted by molar-refractivity contribution is 5.50. The zero-order valence-electron chi connectivity index (χ0n) is 6.17. The fourth-order valence-electron chi connectivity index (χ4n) is 1.04. The van der Waals surface area contributed by atoms with Crippen LogP contribution in [0.2, 0.25) is 0 Å². The average molecular weight is 144 g/mol. The van der Waals surface area contributed by atoms with Gasteiger partial charge in [0.25, 0.3) is 0 Å². The van der Waals surface area contributed by atoms with Gasteiger partial charge >= 0.3 is 0 Å². The van der Waals surface area contributed by atoms with Crippen molar-refractivity contribution in [2.75, 3.05) is 0 Å². The Morgan fingerprint density at radius 2 is 1.45 bits per heavy atom. The van der Waals surface area contributed by atoms with Gasteiger partial charge in [-0.3, -0.25) is 0 Å². The van der Waals surface area contributed by atoms with Gasteiger partial charge in [-0.15, -0.1) is 0 Å². The predicted molar refractivity (Wildman–Crippen MR) is 41.2 cm³/mol. The summed E-state index contributed by atoms with van der Waals surface area (Å²) in [5.41, 5.74) is 1.06. The Hall–Kier alpha value is -1.54. The Bertz CT molecular complexity index is 254. The van der Waals surface area contributed by atoms with E-state index in [9.17, 15) is 0 Å². The molecule has 2 heteroatoms. The predicted octanol–water partition coefficient (Wildman–Crippen LogP) is 2.07. The number of nitrogens with zero attached hydrogens (tertiary/aromatic N) is 2. The molecule has 0 aromatic carbocycles. The Morgan fingerprint density at radius 1 is 1.00 bits per heavy atom. The molecule has 0 bridgehead atoms. The number of rotatable bonds is 0. The summed E-state index contributed by atoms with van der Waals surface area (Å²) in [6.45, 7) is 0. The van der Waals surface area contributed by atoms with Crippen LogP contribution in [0, 0.1) is 22.7 Å². The van der Waals surface area contributed by atoms with E-state index in [1.54, 1.807) is 0 Å². The van der Waals surface area contributed by atoms with Crippen molar-refractivity contribution in [3.05, 3.63) is 23.3 Å². The van der Waals surface area contributed by atoms with E-state index in [-0.39, 0.29) is 0 Å². The third-order valence-electron chi connectivity index (χ3n) is 1.64. The highest BCUT2D eigenvalue weighted by Crippen LogP contribution is 2.16. The summed E-state index contributed by atoms with van der Waals surface area (Å²) in [6.07, 6.45) is 6.52. The maximum absolute atomic E-state index is 8.61. The first kappa shape index (κ1) is 7.57. The summed E-state index contributed by atoms with van der Waals surface area (Å²) < 4.78 is 0. The van der Waals surface area contributed by atoms with Crippen molar-refractivity contribution in [1.29, 1.82) is 10.5 Å². The van der Waals surface area contributed by atoms with Gasteiger partial charge in [-0.2, -0.15) is 10.5 Å². The highest BCUT2D eigenvalue weighted by Gasteiger charge is 2.04. The quantitative estimate of drug-likeness (QED) is 0.522. The van der Waals surface area contributed by atoms with Crippen molar-refractivity contribution < 1.29 is 0 Å².